The number of allylic oxidation sites excluding steroid dienone is 3. The van der Waals surface area contributed by atoms with Crippen LogP contribution in [0.3, 0.4) is 0 Å². The molecule has 170 valence electrons. The average molecular weight is 428 g/mol. The van der Waals surface area contributed by atoms with Crippen LogP contribution in [0.4, 0.5) is 0 Å². The highest BCUT2D eigenvalue weighted by atomic mass is 16.5. The molecule has 0 fully saturated rings. The molecule has 0 aliphatic rings. The third-order valence-electron chi connectivity index (χ3n) is 5.35. The van der Waals surface area contributed by atoms with Gasteiger partial charge >= 0.3 is 0 Å². The van der Waals surface area contributed by atoms with Crippen molar-refractivity contribution < 1.29 is 14.6 Å². The number of benzene rings is 1. The van der Waals surface area contributed by atoms with E-state index in [0.29, 0.717) is 24.4 Å². The highest BCUT2D eigenvalue weighted by Gasteiger charge is 2.19. The van der Waals surface area contributed by atoms with Crippen molar-refractivity contribution in [3.63, 3.8) is 0 Å². The van der Waals surface area contributed by atoms with Crippen LogP contribution in [-0.4, -0.2) is 23.4 Å². The molecular formula is C26H37NO4. The summed E-state index contributed by atoms with van der Waals surface area (Å²) in [5, 5.41) is 10.8. The fraction of sp³-hybridized carbons (Fsp3) is 0.500. The minimum absolute atomic E-state index is 0.125. The maximum absolute atomic E-state index is 13.2. The number of nitrogens with zero attached hydrogens (tertiary/aromatic N) is 1. The average Bonchev–Trinajstić information content (AvgIpc) is 2.72. The molecule has 0 amide bonds. The maximum Gasteiger partial charge on any atom is 0.297 e. The number of fused-ring (bicyclic) bond motifs is 1. The van der Waals surface area contributed by atoms with Crippen LogP contribution in [0.15, 0.2) is 46.3 Å². The molecule has 2 aromatic rings. The zero-order chi connectivity index (χ0) is 22.8. The van der Waals surface area contributed by atoms with Gasteiger partial charge in [-0.25, -0.2) is 0 Å². The topological polar surface area (TPSA) is 60.7 Å². The third kappa shape index (κ3) is 6.91. The maximum atomic E-state index is 13.2. The molecule has 2 rings (SSSR count). The molecule has 0 atom stereocenters. The van der Waals surface area contributed by atoms with E-state index < -0.39 is 0 Å². The van der Waals surface area contributed by atoms with Crippen LogP contribution in [0, 0.1) is 0 Å². The number of phenolic OH excluding ortho intramolecular Hbond substituents is 1. The Morgan fingerprint density at radius 2 is 1.87 bits per heavy atom. The van der Waals surface area contributed by atoms with E-state index in [-0.39, 0.29) is 17.1 Å². The lowest BCUT2D eigenvalue weighted by Gasteiger charge is -2.17. The molecule has 0 unspecified atom stereocenters. The number of aromatic hydroxyl groups is 1. The minimum Gasteiger partial charge on any atom is -0.508 e. The molecule has 5 heteroatoms. The molecule has 31 heavy (non-hydrogen) atoms. The summed E-state index contributed by atoms with van der Waals surface area (Å²) in [6.07, 6.45) is 10.5. The lowest BCUT2D eigenvalue weighted by molar-refractivity contribution is 0.324. The molecule has 0 aliphatic carbocycles. The lowest BCUT2D eigenvalue weighted by atomic mass is 10.1. The highest BCUT2D eigenvalue weighted by Crippen LogP contribution is 2.34. The van der Waals surface area contributed by atoms with Crippen molar-refractivity contribution in [2.24, 2.45) is 0 Å². The van der Waals surface area contributed by atoms with Crippen molar-refractivity contribution in [2.45, 2.75) is 72.8 Å². The smallest absolute Gasteiger partial charge is 0.297 e. The van der Waals surface area contributed by atoms with E-state index in [1.807, 2.05) is 6.08 Å². The van der Waals surface area contributed by atoms with Crippen LogP contribution < -0.4 is 15.0 Å². The molecule has 0 bridgehead atoms. The van der Waals surface area contributed by atoms with E-state index >= 15 is 0 Å². The van der Waals surface area contributed by atoms with Gasteiger partial charge in [-0.2, -0.15) is 0 Å². The molecule has 0 aliphatic heterocycles. The number of phenols is 1. The molecule has 0 saturated carbocycles. The molecule has 1 aromatic heterocycles. The second kappa shape index (κ2) is 12.2. The summed E-state index contributed by atoms with van der Waals surface area (Å²) in [5.41, 5.74) is 3.00. The van der Waals surface area contributed by atoms with Gasteiger partial charge in [-0.15, -0.1) is 0 Å². The Balaban J connectivity index is 2.34. The van der Waals surface area contributed by atoms with E-state index in [9.17, 15) is 9.90 Å². The monoisotopic (exact) mass is 427 g/mol. The van der Waals surface area contributed by atoms with Crippen molar-refractivity contribution >= 4 is 10.9 Å². The van der Waals surface area contributed by atoms with Crippen LogP contribution in [0.5, 0.6) is 17.2 Å². The number of hydrogen-bond acceptors (Lipinski definition) is 4. The third-order valence-corrected chi connectivity index (χ3v) is 5.35. The fourth-order valence-corrected chi connectivity index (χ4v) is 3.59. The molecule has 1 N–H and O–H groups in total. The van der Waals surface area contributed by atoms with Crippen molar-refractivity contribution in [1.29, 1.82) is 0 Å². The predicted octanol–water partition coefficient (Wildman–Crippen LogP) is 6.37. The standard InChI is InChI=1S/C26H37NO4/c1-6-7-8-9-16-27-23-18-21(28)13-14-22(23)24(25(30-5)26(27)29)31-17-15-20(4)12-10-11-19(2)3/h11,13-15,18,28H,6-10,12,16-17H2,1-5H3/b20-15+. The van der Waals surface area contributed by atoms with E-state index in [1.165, 1.54) is 18.3 Å². The largest absolute Gasteiger partial charge is 0.508 e. The quantitative estimate of drug-likeness (QED) is 0.316. The Morgan fingerprint density at radius 1 is 1.10 bits per heavy atom. The normalized spacial score (nSPS) is 11.6. The minimum atomic E-state index is -0.226. The molecule has 0 spiro atoms. The first kappa shape index (κ1) is 24.6. The van der Waals surface area contributed by atoms with Crippen LogP contribution in [-0.2, 0) is 6.54 Å². The van der Waals surface area contributed by atoms with Gasteiger partial charge in [-0.3, -0.25) is 4.79 Å². The van der Waals surface area contributed by atoms with Crippen LogP contribution in [0.2, 0.25) is 0 Å². The van der Waals surface area contributed by atoms with Gasteiger partial charge in [0.1, 0.15) is 12.4 Å². The van der Waals surface area contributed by atoms with Crippen LogP contribution >= 0.6 is 0 Å². The molecule has 1 heterocycles. The zero-order valence-corrected chi connectivity index (χ0v) is 19.7. The second-order valence-electron chi connectivity index (χ2n) is 8.26. The Hall–Kier alpha value is -2.69. The highest BCUT2D eigenvalue weighted by molar-refractivity contribution is 5.89. The Morgan fingerprint density at radius 3 is 2.55 bits per heavy atom. The van der Waals surface area contributed by atoms with E-state index in [4.69, 9.17) is 9.47 Å². The zero-order valence-electron chi connectivity index (χ0n) is 19.7. The molecule has 0 radical (unpaired) electrons. The van der Waals surface area contributed by atoms with Crippen molar-refractivity contribution in [3.05, 3.63) is 51.9 Å². The summed E-state index contributed by atoms with van der Waals surface area (Å²) in [6.45, 7) is 9.38. The van der Waals surface area contributed by atoms with Gasteiger partial charge in [0, 0.05) is 18.0 Å². The number of aryl methyl sites for hydroxylation is 1. The molecular weight excluding hydrogens is 390 g/mol. The lowest BCUT2D eigenvalue weighted by Crippen LogP contribution is -2.23. The number of pyridine rings is 1. The number of unbranched alkanes of at least 4 members (excludes halogenated alkanes) is 3. The van der Waals surface area contributed by atoms with Crippen LogP contribution in [0.25, 0.3) is 10.9 Å². The fourth-order valence-electron chi connectivity index (χ4n) is 3.59. The van der Waals surface area contributed by atoms with Crippen molar-refractivity contribution in [2.75, 3.05) is 13.7 Å². The Bertz CT molecular complexity index is 981. The van der Waals surface area contributed by atoms with Gasteiger partial charge < -0.3 is 19.1 Å². The van der Waals surface area contributed by atoms with Crippen molar-refractivity contribution in [1.82, 2.24) is 4.57 Å². The summed E-state index contributed by atoms with van der Waals surface area (Å²) in [7, 11) is 1.50. The molecule has 1 aromatic carbocycles. The molecule has 0 saturated heterocycles. The van der Waals surface area contributed by atoms with Gasteiger partial charge in [-0.05, 0) is 58.2 Å². The van der Waals surface area contributed by atoms with Gasteiger partial charge in [0.25, 0.3) is 5.56 Å². The summed E-state index contributed by atoms with van der Waals surface area (Å²) >= 11 is 0. The number of ether oxygens (including phenoxy) is 2. The number of aromatic nitrogens is 1. The van der Waals surface area contributed by atoms with E-state index in [0.717, 1.165) is 43.9 Å². The van der Waals surface area contributed by atoms with Crippen molar-refractivity contribution in [3.8, 4) is 17.2 Å². The summed E-state index contributed by atoms with van der Waals surface area (Å²) < 4.78 is 13.2. The predicted molar refractivity (Wildman–Crippen MR) is 128 cm³/mol. The number of rotatable bonds is 12. The van der Waals surface area contributed by atoms with Gasteiger partial charge in [0.15, 0.2) is 5.75 Å². The Labute approximate surface area is 186 Å². The van der Waals surface area contributed by atoms with Gasteiger partial charge in [0.2, 0.25) is 5.75 Å². The summed E-state index contributed by atoms with van der Waals surface area (Å²) in [4.78, 5) is 13.2. The molecule has 5 nitrogen and oxygen atoms in total. The first-order valence-electron chi connectivity index (χ1n) is 11.2. The first-order chi connectivity index (χ1) is 14.9. The van der Waals surface area contributed by atoms with Gasteiger partial charge in [-0.1, -0.05) is 43.4 Å². The number of hydrogen-bond donors (Lipinski definition) is 1. The second-order valence-corrected chi connectivity index (χ2v) is 8.26. The summed E-state index contributed by atoms with van der Waals surface area (Å²) in [5.74, 6) is 0.769. The number of methoxy groups -OCH3 is 1. The van der Waals surface area contributed by atoms with E-state index in [1.54, 1.807) is 22.8 Å². The van der Waals surface area contributed by atoms with E-state index in [2.05, 4.69) is 33.8 Å². The van der Waals surface area contributed by atoms with Crippen LogP contribution in [0.1, 0.15) is 66.2 Å². The first-order valence-corrected chi connectivity index (χ1v) is 11.2. The SMILES string of the molecule is CCCCCCn1c(=O)c(OC)c(OC/C=C(\C)CCC=C(C)C)c2ccc(O)cc21. The van der Waals surface area contributed by atoms with Gasteiger partial charge in [0.05, 0.1) is 12.6 Å². The summed E-state index contributed by atoms with van der Waals surface area (Å²) in [6, 6.07) is 5.03. The Kier molecular flexibility index (Phi) is 9.70.